The summed E-state index contributed by atoms with van der Waals surface area (Å²) in [6.07, 6.45) is 4.03. The Balaban J connectivity index is 1.31. The molecule has 0 unspecified atom stereocenters. The van der Waals surface area contributed by atoms with Crippen molar-refractivity contribution in [2.45, 2.75) is 44.8 Å². The summed E-state index contributed by atoms with van der Waals surface area (Å²) in [7, 11) is 0. The number of carbonyl (C=O) groups excluding carboxylic acids is 2. The smallest absolute Gasteiger partial charge is 0.225 e. The van der Waals surface area contributed by atoms with Crippen molar-refractivity contribution < 1.29 is 14.3 Å². The van der Waals surface area contributed by atoms with E-state index in [1.54, 1.807) is 0 Å². The number of carbonyl (C=O) groups is 2. The van der Waals surface area contributed by atoms with E-state index in [1.807, 2.05) is 28.0 Å². The van der Waals surface area contributed by atoms with E-state index >= 15 is 0 Å². The van der Waals surface area contributed by atoms with Crippen molar-refractivity contribution in [3.05, 3.63) is 35.9 Å². The number of amides is 2. The third-order valence-electron chi connectivity index (χ3n) is 6.55. The topological polar surface area (TPSA) is 61.9 Å². The summed E-state index contributed by atoms with van der Waals surface area (Å²) in [4.78, 5) is 29.1. The van der Waals surface area contributed by atoms with E-state index in [0.29, 0.717) is 26.0 Å². The number of likely N-dealkylation sites (tertiary alicyclic amines) is 2. The van der Waals surface area contributed by atoms with E-state index in [-0.39, 0.29) is 23.3 Å². The number of morpholine rings is 1. The van der Waals surface area contributed by atoms with Gasteiger partial charge in [-0.25, -0.2) is 0 Å². The molecule has 1 atom stereocenters. The van der Waals surface area contributed by atoms with Crippen LogP contribution in [0.1, 0.15) is 37.7 Å². The molecule has 3 aliphatic heterocycles. The first-order valence-corrected chi connectivity index (χ1v) is 10.6. The Hall–Kier alpha value is -1.92. The lowest BCUT2D eigenvalue weighted by Crippen LogP contribution is -2.52. The molecule has 3 saturated heterocycles. The highest BCUT2D eigenvalue weighted by molar-refractivity contribution is 5.78. The Morgan fingerprint density at radius 2 is 1.96 bits per heavy atom. The molecule has 3 heterocycles. The Morgan fingerprint density at radius 3 is 2.68 bits per heavy atom. The van der Waals surface area contributed by atoms with Gasteiger partial charge in [0.2, 0.25) is 11.8 Å². The van der Waals surface area contributed by atoms with Gasteiger partial charge in [-0.3, -0.25) is 9.59 Å². The van der Waals surface area contributed by atoms with Gasteiger partial charge in [-0.1, -0.05) is 30.3 Å². The van der Waals surface area contributed by atoms with Gasteiger partial charge in [0.1, 0.15) is 0 Å². The van der Waals surface area contributed by atoms with E-state index in [2.05, 4.69) is 17.4 Å². The van der Waals surface area contributed by atoms with Crippen LogP contribution in [0.3, 0.4) is 0 Å². The molecule has 4 rings (SSSR count). The van der Waals surface area contributed by atoms with Gasteiger partial charge in [-0.2, -0.15) is 0 Å². The van der Waals surface area contributed by atoms with Gasteiger partial charge < -0.3 is 19.9 Å². The van der Waals surface area contributed by atoms with Gasteiger partial charge in [0.15, 0.2) is 0 Å². The number of nitrogens with one attached hydrogen (secondary N) is 1. The summed E-state index contributed by atoms with van der Waals surface area (Å²) >= 11 is 0. The van der Waals surface area contributed by atoms with Crippen LogP contribution in [0.15, 0.2) is 30.3 Å². The minimum atomic E-state index is 0.00537. The van der Waals surface area contributed by atoms with Gasteiger partial charge in [-0.05, 0) is 30.2 Å². The lowest BCUT2D eigenvalue weighted by molar-refractivity contribution is -0.144. The summed E-state index contributed by atoms with van der Waals surface area (Å²) in [5.74, 6) is 0.464. The number of hydrogen-bond donors (Lipinski definition) is 1. The van der Waals surface area contributed by atoms with E-state index in [0.717, 1.165) is 52.0 Å². The predicted octanol–water partition coefficient (Wildman–Crippen LogP) is 1.80. The largest absolute Gasteiger partial charge is 0.375 e. The minimum Gasteiger partial charge on any atom is -0.375 e. The Bertz CT molecular complexity index is 680. The summed E-state index contributed by atoms with van der Waals surface area (Å²) in [6, 6.07) is 10.2. The van der Waals surface area contributed by atoms with Crippen LogP contribution in [0.4, 0.5) is 0 Å². The zero-order valence-electron chi connectivity index (χ0n) is 16.6. The summed E-state index contributed by atoms with van der Waals surface area (Å²) in [5, 5.41) is 3.29. The highest BCUT2D eigenvalue weighted by atomic mass is 16.5. The predicted molar refractivity (Wildman–Crippen MR) is 107 cm³/mol. The van der Waals surface area contributed by atoms with Crippen molar-refractivity contribution in [3.63, 3.8) is 0 Å². The number of benzene rings is 1. The maximum atomic E-state index is 12.6. The first-order chi connectivity index (χ1) is 13.6. The van der Waals surface area contributed by atoms with E-state index in [9.17, 15) is 9.59 Å². The molecule has 152 valence electrons. The van der Waals surface area contributed by atoms with E-state index in [4.69, 9.17) is 4.74 Å². The standard InChI is InChI=1S/C22H31N3O3/c26-20-6-7-22(17-25(20)16-18-4-2-1-3-5-18)8-11-24(12-9-22)21(27)14-19-15-23-10-13-28-19/h1-5,19,23H,6-17H2/t19-/m0/s1. The first kappa shape index (κ1) is 19.4. The van der Waals surface area contributed by atoms with Crippen LogP contribution in [0.5, 0.6) is 0 Å². The van der Waals surface area contributed by atoms with Gasteiger partial charge >= 0.3 is 0 Å². The van der Waals surface area contributed by atoms with Crippen LogP contribution < -0.4 is 5.32 Å². The molecule has 1 aromatic rings. The lowest BCUT2D eigenvalue weighted by Gasteiger charge is -2.47. The molecule has 28 heavy (non-hydrogen) atoms. The average molecular weight is 386 g/mol. The second kappa shape index (κ2) is 8.62. The summed E-state index contributed by atoms with van der Waals surface area (Å²) in [6.45, 7) is 5.43. The molecule has 0 bridgehead atoms. The third kappa shape index (κ3) is 4.55. The lowest BCUT2D eigenvalue weighted by atomic mass is 9.72. The quantitative estimate of drug-likeness (QED) is 0.859. The van der Waals surface area contributed by atoms with Crippen LogP contribution in [0, 0.1) is 5.41 Å². The van der Waals surface area contributed by atoms with Gasteiger partial charge in [0.05, 0.1) is 19.1 Å². The maximum absolute atomic E-state index is 12.6. The van der Waals surface area contributed by atoms with Crippen molar-refractivity contribution in [2.75, 3.05) is 39.3 Å². The molecule has 2 amide bonds. The van der Waals surface area contributed by atoms with Crippen LogP contribution in [-0.4, -0.2) is 67.0 Å². The molecular weight excluding hydrogens is 354 g/mol. The molecule has 0 saturated carbocycles. The number of rotatable bonds is 4. The third-order valence-corrected chi connectivity index (χ3v) is 6.55. The zero-order chi connectivity index (χ0) is 19.4. The molecule has 1 aromatic carbocycles. The molecule has 1 spiro atoms. The summed E-state index contributed by atoms with van der Waals surface area (Å²) < 4.78 is 5.68. The number of piperidine rings is 2. The second-order valence-corrected chi connectivity index (χ2v) is 8.52. The van der Waals surface area contributed by atoms with Crippen LogP contribution in [0.25, 0.3) is 0 Å². The van der Waals surface area contributed by atoms with Gasteiger partial charge in [0, 0.05) is 45.7 Å². The fraction of sp³-hybridized carbons (Fsp3) is 0.636. The molecule has 3 aliphatic rings. The summed E-state index contributed by atoms with van der Waals surface area (Å²) in [5.41, 5.74) is 1.35. The molecule has 6 heteroatoms. The molecule has 3 fully saturated rings. The maximum Gasteiger partial charge on any atom is 0.225 e. The van der Waals surface area contributed by atoms with Gasteiger partial charge in [-0.15, -0.1) is 0 Å². The molecule has 0 aromatic heterocycles. The van der Waals surface area contributed by atoms with Crippen LogP contribution >= 0.6 is 0 Å². The minimum absolute atomic E-state index is 0.00537. The van der Waals surface area contributed by atoms with Crippen LogP contribution in [-0.2, 0) is 20.9 Å². The monoisotopic (exact) mass is 385 g/mol. The fourth-order valence-electron chi connectivity index (χ4n) is 4.76. The van der Waals surface area contributed by atoms with E-state index in [1.165, 1.54) is 5.56 Å². The Morgan fingerprint density at radius 1 is 1.18 bits per heavy atom. The average Bonchev–Trinajstić information content (AvgIpc) is 2.73. The molecule has 6 nitrogen and oxygen atoms in total. The van der Waals surface area contributed by atoms with E-state index < -0.39 is 0 Å². The number of ether oxygens (including phenoxy) is 1. The van der Waals surface area contributed by atoms with Crippen LogP contribution in [0.2, 0.25) is 0 Å². The SMILES string of the molecule is O=C(C[C@H]1CNCCO1)N1CCC2(CCC(=O)N(Cc3ccccc3)C2)CC1. The highest BCUT2D eigenvalue weighted by Crippen LogP contribution is 2.40. The number of hydrogen-bond acceptors (Lipinski definition) is 4. The van der Waals surface area contributed by atoms with Crippen molar-refractivity contribution in [3.8, 4) is 0 Å². The molecule has 0 radical (unpaired) electrons. The van der Waals surface area contributed by atoms with Crippen molar-refractivity contribution in [1.82, 2.24) is 15.1 Å². The second-order valence-electron chi connectivity index (χ2n) is 8.52. The van der Waals surface area contributed by atoms with Gasteiger partial charge in [0.25, 0.3) is 0 Å². The molecule has 1 N–H and O–H groups in total. The fourth-order valence-corrected chi connectivity index (χ4v) is 4.76. The van der Waals surface area contributed by atoms with Crippen molar-refractivity contribution in [2.24, 2.45) is 5.41 Å². The Labute approximate surface area is 167 Å². The highest BCUT2D eigenvalue weighted by Gasteiger charge is 2.41. The number of nitrogens with zero attached hydrogens (tertiary/aromatic N) is 2. The molecule has 0 aliphatic carbocycles. The normalized spacial score (nSPS) is 25.1. The first-order valence-electron chi connectivity index (χ1n) is 10.6. The molecular formula is C22H31N3O3. The van der Waals surface area contributed by atoms with Crippen molar-refractivity contribution >= 4 is 11.8 Å². The Kier molecular flexibility index (Phi) is 5.97. The zero-order valence-corrected chi connectivity index (χ0v) is 16.6. The van der Waals surface area contributed by atoms with Crippen molar-refractivity contribution in [1.29, 1.82) is 0 Å².